The van der Waals surface area contributed by atoms with Gasteiger partial charge < -0.3 is 4.90 Å². The van der Waals surface area contributed by atoms with E-state index in [2.05, 4.69) is 17.0 Å². The van der Waals surface area contributed by atoms with Crippen molar-refractivity contribution in [1.82, 2.24) is 0 Å². The van der Waals surface area contributed by atoms with Gasteiger partial charge in [-0.1, -0.05) is 18.2 Å². The predicted molar refractivity (Wildman–Crippen MR) is 53.2 cm³/mol. The predicted octanol–water partition coefficient (Wildman–Crippen LogP) is 3.89. The fourth-order valence-electron chi connectivity index (χ4n) is 0.726. The van der Waals surface area contributed by atoms with Crippen LogP contribution in [0, 0.1) is 0 Å². The Balaban J connectivity index is 0.000000293. The van der Waals surface area contributed by atoms with Crippen LogP contribution in [0.2, 0.25) is 0 Å². The van der Waals surface area contributed by atoms with Crippen molar-refractivity contribution in [1.29, 1.82) is 0 Å². The zero-order valence-electron chi connectivity index (χ0n) is 8.55. The minimum absolute atomic E-state index is 1.25. The number of para-hydroxylation sites is 1. The van der Waals surface area contributed by atoms with E-state index in [9.17, 15) is 16.9 Å². The van der Waals surface area contributed by atoms with Crippen molar-refractivity contribution >= 4 is 25.2 Å². The number of anilines is 1. The maximum atomic E-state index is 9.93. The molecule has 0 aliphatic carbocycles. The SMILES string of the molecule is CN(C)c1ccccc1.[F][Sb-]([F])([F])([F])([F])[F]. The molecule has 0 N–H and O–H groups in total. The Morgan fingerprint density at radius 1 is 0.812 bits per heavy atom. The van der Waals surface area contributed by atoms with E-state index >= 15 is 0 Å². The number of hydrogen-bond acceptors (Lipinski definition) is 1. The van der Waals surface area contributed by atoms with Gasteiger partial charge in [-0.05, 0) is 12.1 Å². The van der Waals surface area contributed by atoms with Crippen LogP contribution < -0.4 is 4.90 Å². The first-order valence-electron chi connectivity index (χ1n) is 4.04. The molecule has 0 aliphatic heterocycles. The number of hydrogen-bond donors (Lipinski definition) is 0. The third-order valence-corrected chi connectivity index (χ3v) is 1.27. The molecule has 0 aromatic heterocycles. The summed E-state index contributed by atoms with van der Waals surface area (Å²) in [5, 5.41) is 0. The van der Waals surface area contributed by atoms with Crippen molar-refractivity contribution in [3.63, 3.8) is 0 Å². The van der Waals surface area contributed by atoms with Crippen LogP contribution in [0.1, 0.15) is 0 Å². The first-order chi connectivity index (χ1) is 6.75. The van der Waals surface area contributed by atoms with Gasteiger partial charge in [0.05, 0.1) is 0 Å². The zero-order chi connectivity index (χ0) is 13.1. The van der Waals surface area contributed by atoms with E-state index in [0.29, 0.717) is 0 Å². The molecule has 8 heteroatoms. The molecule has 0 heterocycles. The summed E-state index contributed by atoms with van der Waals surface area (Å²) in [7, 11) is 4.07. The molecule has 0 bridgehead atoms. The molecule has 0 amide bonds. The van der Waals surface area contributed by atoms with Gasteiger partial charge in [0, 0.05) is 19.8 Å². The maximum absolute atomic E-state index is 11.2. The first kappa shape index (κ1) is 15.4. The van der Waals surface area contributed by atoms with Gasteiger partial charge in [-0.15, -0.1) is 0 Å². The van der Waals surface area contributed by atoms with Crippen molar-refractivity contribution in [3.8, 4) is 0 Å². The van der Waals surface area contributed by atoms with Crippen LogP contribution in [0.3, 0.4) is 0 Å². The fraction of sp³-hybridized carbons (Fsp3) is 0.250. The Hall–Kier alpha value is -0.582. The molecule has 0 saturated heterocycles. The van der Waals surface area contributed by atoms with Crippen molar-refractivity contribution in [3.05, 3.63) is 30.3 Å². The van der Waals surface area contributed by atoms with Gasteiger partial charge >= 0.3 is 36.4 Å². The van der Waals surface area contributed by atoms with E-state index in [4.69, 9.17) is 0 Å². The molecule has 0 atom stereocenters. The second-order valence-electron chi connectivity index (χ2n) is 3.19. The van der Waals surface area contributed by atoms with Crippen molar-refractivity contribution < 1.29 is 16.9 Å². The number of halogens is 6. The van der Waals surface area contributed by atoms with Crippen LogP contribution in [0.4, 0.5) is 22.6 Å². The van der Waals surface area contributed by atoms with Crippen LogP contribution in [0.25, 0.3) is 0 Å². The average Bonchev–Trinajstić information content (AvgIpc) is 2.00. The molecule has 0 saturated carbocycles. The second-order valence-corrected chi connectivity index (χ2v) is 8.66. The van der Waals surface area contributed by atoms with Crippen LogP contribution in [0.15, 0.2) is 30.3 Å². The summed E-state index contributed by atoms with van der Waals surface area (Å²) in [5.41, 5.74) is 1.25. The molecule has 96 valence electrons. The topological polar surface area (TPSA) is 3.24 Å². The van der Waals surface area contributed by atoms with Gasteiger partial charge in [0.15, 0.2) is 0 Å². The number of rotatable bonds is 1. The van der Waals surface area contributed by atoms with Gasteiger partial charge in [0.1, 0.15) is 0 Å². The van der Waals surface area contributed by atoms with Crippen molar-refractivity contribution in [2.45, 2.75) is 0 Å². The Bertz CT molecular complexity index is 317. The van der Waals surface area contributed by atoms with E-state index in [1.165, 1.54) is 5.69 Å². The average molecular weight is 357 g/mol. The molecule has 1 nitrogen and oxygen atoms in total. The van der Waals surface area contributed by atoms with Gasteiger partial charge in [0.2, 0.25) is 0 Å². The molecule has 0 radical (unpaired) electrons. The van der Waals surface area contributed by atoms with Gasteiger partial charge in [0.25, 0.3) is 0 Å². The third kappa shape index (κ3) is 15.9. The normalized spacial score (nSPS) is 15.2. The summed E-state index contributed by atoms with van der Waals surface area (Å²) in [6, 6.07) is 10.3. The Kier molecular flexibility index (Phi) is 3.87. The molecule has 0 aliphatic rings. The summed E-state index contributed by atoms with van der Waals surface area (Å²) in [6.07, 6.45) is 0. The minimum atomic E-state index is -11.2. The summed E-state index contributed by atoms with van der Waals surface area (Å²) in [4.78, 5) is 2.08. The van der Waals surface area contributed by atoms with E-state index in [0.717, 1.165) is 0 Å². The van der Waals surface area contributed by atoms with E-state index in [1.54, 1.807) is 0 Å². The number of benzene rings is 1. The number of nitrogens with zero attached hydrogens (tertiary/aromatic N) is 1. The zero-order valence-corrected chi connectivity index (χ0v) is 11.1. The molecule has 1 aromatic carbocycles. The van der Waals surface area contributed by atoms with E-state index < -0.39 is 19.5 Å². The molecular weight excluding hydrogens is 346 g/mol. The van der Waals surface area contributed by atoms with Crippen molar-refractivity contribution in [2.75, 3.05) is 19.0 Å². The molecular formula is C8H11F6NSb-. The van der Waals surface area contributed by atoms with Gasteiger partial charge in [-0.2, -0.15) is 0 Å². The van der Waals surface area contributed by atoms with Crippen LogP contribution in [-0.2, 0) is 0 Å². The fourth-order valence-corrected chi connectivity index (χ4v) is 0.726. The van der Waals surface area contributed by atoms with Crippen molar-refractivity contribution in [2.24, 2.45) is 0 Å². The van der Waals surface area contributed by atoms with Crippen LogP contribution in [-0.4, -0.2) is 33.6 Å². The van der Waals surface area contributed by atoms with Gasteiger partial charge in [-0.25, -0.2) is 0 Å². The molecule has 0 spiro atoms. The summed E-state index contributed by atoms with van der Waals surface area (Å²) in [6.45, 7) is 0. The summed E-state index contributed by atoms with van der Waals surface area (Å²) in [5.74, 6) is 0. The Labute approximate surface area is 91.6 Å². The third-order valence-electron chi connectivity index (χ3n) is 1.27. The monoisotopic (exact) mass is 356 g/mol. The van der Waals surface area contributed by atoms with E-state index in [1.807, 2.05) is 32.3 Å². The Morgan fingerprint density at radius 2 is 1.12 bits per heavy atom. The molecule has 0 fully saturated rings. The quantitative estimate of drug-likeness (QED) is 0.545. The van der Waals surface area contributed by atoms with Crippen LogP contribution in [0.5, 0.6) is 0 Å². The summed E-state index contributed by atoms with van der Waals surface area (Å²) >= 11 is -11.2. The Morgan fingerprint density at radius 3 is 1.31 bits per heavy atom. The summed E-state index contributed by atoms with van der Waals surface area (Å²) < 4.78 is 59.6. The van der Waals surface area contributed by atoms with E-state index in [-0.39, 0.29) is 0 Å². The second kappa shape index (κ2) is 4.02. The molecule has 16 heavy (non-hydrogen) atoms. The van der Waals surface area contributed by atoms with Gasteiger partial charge in [-0.3, -0.25) is 0 Å². The first-order valence-corrected chi connectivity index (χ1v) is 9.83. The van der Waals surface area contributed by atoms with Crippen LogP contribution >= 0.6 is 0 Å². The molecule has 0 unspecified atom stereocenters. The standard InChI is InChI=1S/C8H11N.6FH.Sb/c1-9(2)8-6-4-3-5-7-8;;;;;;;/h3-7H,1-2H3;6*1H;/q;;;;;;;+5/p-6. The molecule has 1 aromatic rings. The molecule has 1 rings (SSSR count).